The highest BCUT2D eigenvalue weighted by atomic mass is 19.2. The van der Waals surface area contributed by atoms with Crippen molar-refractivity contribution in [1.82, 2.24) is 10.3 Å². The van der Waals surface area contributed by atoms with Gasteiger partial charge in [0.25, 0.3) is 0 Å². The molecule has 0 amide bonds. The summed E-state index contributed by atoms with van der Waals surface area (Å²) in [5.74, 6) is -1.27. The molecule has 1 aliphatic rings. The van der Waals surface area contributed by atoms with Crippen LogP contribution < -0.4 is 5.32 Å². The number of hydrogen-bond acceptors (Lipinski definition) is 2. The van der Waals surface area contributed by atoms with Crippen molar-refractivity contribution in [2.45, 2.75) is 18.8 Å². The second kappa shape index (κ2) is 5.67. The van der Waals surface area contributed by atoms with E-state index >= 15 is 0 Å². The van der Waals surface area contributed by atoms with E-state index in [1.165, 1.54) is 6.07 Å². The highest BCUT2D eigenvalue weighted by Gasteiger charge is 2.17. The molecule has 104 valence electrons. The van der Waals surface area contributed by atoms with Gasteiger partial charge in [0.1, 0.15) is 0 Å². The Morgan fingerprint density at radius 2 is 2.00 bits per heavy atom. The number of pyridine rings is 1. The molecule has 1 unspecified atom stereocenters. The van der Waals surface area contributed by atoms with Gasteiger partial charge in [0.15, 0.2) is 11.6 Å². The molecule has 2 nitrogen and oxygen atoms in total. The van der Waals surface area contributed by atoms with Gasteiger partial charge < -0.3 is 5.32 Å². The number of nitrogens with one attached hydrogen (secondary N) is 1. The van der Waals surface area contributed by atoms with E-state index < -0.39 is 11.6 Å². The summed E-state index contributed by atoms with van der Waals surface area (Å²) < 4.78 is 26.3. The zero-order valence-electron chi connectivity index (χ0n) is 11.1. The molecule has 20 heavy (non-hydrogen) atoms. The zero-order valence-corrected chi connectivity index (χ0v) is 11.1. The van der Waals surface area contributed by atoms with Gasteiger partial charge in [-0.2, -0.15) is 0 Å². The van der Waals surface area contributed by atoms with Crippen LogP contribution in [0.2, 0.25) is 0 Å². The Labute approximate surface area is 116 Å². The number of halogens is 2. The first-order valence-corrected chi connectivity index (χ1v) is 6.87. The largest absolute Gasteiger partial charge is 0.316 e. The highest BCUT2D eigenvalue weighted by Crippen LogP contribution is 2.25. The summed E-state index contributed by atoms with van der Waals surface area (Å²) in [6.07, 6.45) is 2.25. The number of benzene rings is 1. The lowest BCUT2D eigenvalue weighted by atomic mass is 9.95. The normalized spacial score (nSPS) is 19.0. The molecule has 1 aromatic carbocycles. The van der Waals surface area contributed by atoms with Crippen molar-refractivity contribution in [3.8, 4) is 11.3 Å². The maximum Gasteiger partial charge on any atom is 0.159 e. The van der Waals surface area contributed by atoms with E-state index in [1.807, 2.05) is 18.2 Å². The minimum absolute atomic E-state index is 0.397. The third-order valence-electron chi connectivity index (χ3n) is 3.70. The fourth-order valence-corrected chi connectivity index (χ4v) is 2.60. The number of aromatic nitrogens is 1. The minimum Gasteiger partial charge on any atom is -0.316 e. The summed E-state index contributed by atoms with van der Waals surface area (Å²) in [6, 6.07) is 9.65. The third kappa shape index (κ3) is 2.70. The number of rotatable bonds is 2. The Bertz CT molecular complexity index is 607. The fourth-order valence-electron chi connectivity index (χ4n) is 2.60. The van der Waals surface area contributed by atoms with E-state index in [0.717, 1.165) is 37.7 Å². The molecule has 4 heteroatoms. The molecule has 1 atom stereocenters. The van der Waals surface area contributed by atoms with Crippen LogP contribution in [-0.4, -0.2) is 18.1 Å². The molecule has 0 bridgehead atoms. The van der Waals surface area contributed by atoms with Crippen molar-refractivity contribution in [2.24, 2.45) is 0 Å². The van der Waals surface area contributed by atoms with Crippen molar-refractivity contribution in [2.75, 3.05) is 13.1 Å². The van der Waals surface area contributed by atoms with E-state index in [4.69, 9.17) is 0 Å². The van der Waals surface area contributed by atoms with Crippen molar-refractivity contribution < 1.29 is 8.78 Å². The summed E-state index contributed by atoms with van der Waals surface area (Å²) in [5.41, 5.74) is 2.31. The molecule has 0 spiro atoms. The highest BCUT2D eigenvalue weighted by molar-refractivity contribution is 5.59. The smallest absolute Gasteiger partial charge is 0.159 e. The average molecular weight is 274 g/mol. The van der Waals surface area contributed by atoms with Crippen molar-refractivity contribution in [1.29, 1.82) is 0 Å². The Kier molecular flexibility index (Phi) is 3.74. The Morgan fingerprint density at radius 3 is 2.75 bits per heavy atom. The van der Waals surface area contributed by atoms with E-state index in [9.17, 15) is 8.78 Å². The van der Waals surface area contributed by atoms with Crippen LogP contribution in [-0.2, 0) is 0 Å². The monoisotopic (exact) mass is 274 g/mol. The van der Waals surface area contributed by atoms with Gasteiger partial charge in [-0.1, -0.05) is 6.07 Å². The summed E-state index contributed by atoms with van der Waals surface area (Å²) >= 11 is 0. The molecule has 1 N–H and O–H groups in total. The van der Waals surface area contributed by atoms with Crippen LogP contribution in [0.15, 0.2) is 36.4 Å². The maximum atomic E-state index is 13.3. The van der Waals surface area contributed by atoms with Gasteiger partial charge in [0.05, 0.1) is 5.69 Å². The van der Waals surface area contributed by atoms with E-state index in [1.54, 1.807) is 6.07 Å². The average Bonchev–Trinajstić information content (AvgIpc) is 2.51. The maximum absolute atomic E-state index is 13.3. The lowest BCUT2D eigenvalue weighted by Gasteiger charge is -2.22. The van der Waals surface area contributed by atoms with Gasteiger partial charge in [-0.25, -0.2) is 8.78 Å². The van der Waals surface area contributed by atoms with Gasteiger partial charge in [-0.05, 0) is 49.7 Å². The van der Waals surface area contributed by atoms with Crippen LogP contribution in [0.5, 0.6) is 0 Å². The topological polar surface area (TPSA) is 24.9 Å². The van der Waals surface area contributed by atoms with Crippen molar-refractivity contribution in [3.05, 3.63) is 53.7 Å². The summed E-state index contributed by atoms with van der Waals surface area (Å²) in [4.78, 5) is 4.61. The third-order valence-corrected chi connectivity index (χ3v) is 3.70. The SMILES string of the molecule is Fc1ccc(-c2cccc(C3CCCNC3)n2)cc1F. The number of piperidine rings is 1. The molecule has 0 aliphatic carbocycles. The van der Waals surface area contributed by atoms with Gasteiger partial charge >= 0.3 is 0 Å². The standard InChI is InChI=1S/C16H16F2N2/c17-13-7-6-11(9-14(13)18)15-4-1-5-16(20-15)12-3-2-8-19-10-12/h1,4-7,9,12,19H,2-3,8,10H2. The van der Waals surface area contributed by atoms with Crippen LogP contribution in [0.1, 0.15) is 24.5 Å². The predicted octanol–water partition coefficient (Wildman–Crippen LogP) is 3.49. The van der Waals surface area contributed by atoms with Crippen LogP contribution >= 0.6 is 0 Å². The number of hydrogen-bond donors (Lipinski definition) is 1. The van der Waals surface area contributed by atoms with Crippen molar-refractivity contribution in [3.63, 3.8) is 0 Å². The van der Waals surface area contributed by atoms with E-state index in [-0.39, 0.29) is 0 Å². The van der Waals surface area contributed by atoms with Crippen LogP contribution in [0.25, 0.3) is 11.3 Å². The predicted molar refractivity (Wildman–Crippen MR) is 74.4 cm³/mol. The van der Waals surface area contributed by atoms with Gasteiger partial charge in [0.2, 0.25) is 0 Å². The zero-order chi connectivity index (χ0) is 13.9. The fraction of sp³-hybridized carbons (Fsp3) is 0.312. The van der Waals surface area contributed by atoms with Gasteiger partial charge in [0, 0.05) is 23.7 Å². The molecule has 1 fully saturated rings. The first-order valence-electron chi connectivity index (χ1n) is 6.87. The van der Waals surface area contributed by atoms with Crippen LogP contribution in [0.3, 0.4) is 0 Å². The molecule has 2 aromatic rings. The summed E-state index contributed by atoms with van der Waals surface area (Å²) in [5, 5.41) is 3.36. The summed E-state index contributed by atoms with van der Waals surface area (Å²) in [7, 11) is 0. The molecule has 3 rings (SSSR count). The van der Waals surface area contributed by atoms with Crippen LogP contribution in [0, 0.1) is 11.6 Å². The van der Waals surface area contributed by atoms with Gasteiger partial charge in [-0.15, -0.1) is 0 Å². The molecular formula is C16H16F2N2. The van der Waals surface area contributed by atoms with Crippen molar-refractivity contribution >= 4 is 0 Å². The molecule has 1 saturated heterocycles. The molecule has 1 aromatic heterocycles. The quantitative estimate of drug-likeness (QED) is 0.906. The molecule has 2 heterocycles. The van der Waals surface area contributed by atoms with Gasteiger partial charge in [-0.3, -0.25) is 4.98 Å². The lowest BCUT2D eigenvalue weighted by Crippen LogP contribution is -2.28. The second-order valence-corrected chi connectivity index (χ2v) is 5.12. The van der Waals surface area contributed by atoms with E-state index in [0.29, 0.717) is 17.2 Å². The molecule has 0 saturated carbocycles. The lowest BCUT2D eigenvalue weighted by molar-refractivity contribution is 0.455. The Hall–Kier alpha value is -1.81. The Balaban J connectivity index is 1.91. The Morgan fingerprint density at radius 1 is 1.10 bits per heavy atom. The van der Waals surface area contributed by atoms with Crippen LogP contribution in [0.4, 0.5) is 8.78 Å². The molecule has 1 aliphatic heterocycles. The summed E-state index contributed by atoms with van der Waals surface area (Å²) in [6.45, 7) is 1.98. The number of nitrogens with zero attached hydrogens (tertiary/aromatic N) is 1. The second-order valence-electron chi connectivity index (χ2n) is 5.12. The molecule has 0 radical (unpaired) electrons. The molecular weight excluding hydrogens is 258 g/mol. The minimum atomic E-state index is -0.839. The first-order chi connectivity index (χ1) is 9.74. The van der Waals surface area contributed by atoms with E-state index in [2.05, 4.69) is 10.3 Å². The first kappa shape index (κ1) is 13.2.